The van der Waals surface area contributed by atoms with Crippen molar-refractivity contribution in [1.29, 1.82) is 0 Å². The fourth-order valence-corrected chi connectivity index (χ4v) is 9.57. The van der Waals surface area contributed by atoms with E-state index in [4.69, 9.17) is 12.7 Å². The van der Waals surface area contributed by atoms with E-state index in [-0.39, 0.29) is 43.1 Å². The van der Waals surface area contributed by atoms with Gasteiger partial charge in [0.05, 0.1) is 16.6 Å². The molecule has 2 aromatic heterocycles. The van der Waals surface area contributed by atoms with E-state index in [0.717, 1.165) is 89.2 Å². The number of rotatable bonds is 9. The summed E-state index contributed by atoms with van der Waals surface area (Å²) in [7, 11) is 0. The normalized spacial score (nSPS) is 12.9. The number of hydrogen-bond acceptors (Lipinski definition) is 3. The maximum atomic E-state index is 12.5. The van der Waals surface area contributed by atoms with E-state index in [1.54, 1.807) is 0 Å². The van der Waals surface area contributed by atoms with Crippen LogP contribution in [0.4, 0.5) is 0 Å². The van der Waals surface area contributed by atoms with Crippen molar-refractivity contribution in [2.75, 3.05) is 0 Å². The summed E-state index contributed by atoms with van der Waals surface area (Å²) < 4.78 is 20.5. The second-order valence-electron chi connectivity index (χ2n) is 22.5. The van der Waals surface area contributed by atoms with Gasteiger partial charge in [-0.25, -0.2) is 4.98 Å². The Morgan fingerprint density at radius 3 is 1.68 bits per heavy atom. The van der Waals surface area contributed by atoms with Crippen LogP contribution in [0.25, 0.3) is 83.9 Å². The molecule has 0 saturated carbocycles. The molecule has 0 spiro atoms. The Labute approximate surface area is 440 Å². The molecule has 364 valence electrons. The quantitative estimate of drug-likeness (QED) is 0.147. The summed E-state index contributed by atoms with van der Waals surface area (Å²) in [5.74, 6) is -0.952. The summed E-state index contributed by atoms with van der Waals surface area (Å²) in [6, 6.07) is 56.7. The Morgan fingerprint density at radius 1 is 0.535 bits per heavy atom. The molecule has 0 unspecified atom stereocenters. The van der Waals surface area contributed by atoms with Gasteiger partial charge in [0.1, 0.15) is 11.6 Å². The van der Waals surface area contributed by atoms with Crippen LogP contribution in [0.5, 0.6) is 5.75 Å². The first-order valence-corrected chi connectivity index (χ1v) is 24.6. The minimum absolute atomic E-state index is 0. The number of fused-ring (bicyclic) bond motifs is 1. The molecule has 9 rings (SSSR count). The summed E-state index contributed by atoms with van der Waals surface area (Å²) in [5, 5.41) is 12.5. The molecule has 0 atom stereocenters. The molecule has 0 aliphatic rings. The topological polar surface area (TPSA) is 50.9 Å². The Hall–Kier alpha value is -6.35. The average molecular weight is 1120 g/mol. The number of benzene rings is 7. The van der Waals surface area contributed by atoms with Gasteiger partial charge in [-0.1, -0.05) is 210 Å². The Balaban J connectivity index is 0.00000711. The third-order valence-corrected chi connectivity index (χ3v) is 13.7. The van der Waals surface area contributed by atoms with Crippen molar-refractivity contribution in [3.05, 3.63) is 192 Å². The van der Waals surface area contributed by atoms with Crippen LogP contribution in [0, 0.1) is 6.07 Å². The molecule has 1 N–H and O–H groups in total. The van der Waals surface area contributed by atoms with Crippen molar-refractivity contribution in [3.63, 3.8) is 0 Å². The maximum absolute atomic E-state index is 12.5. The van der Waals surface area contributed by atoms with Crippen molar-refractivity contribution in [2.45, 2.75) is 118 Å². The zero-order chi connectivity index (χ0) is 51.7. The van der Waals surface area contributed by atoms with E-state index >= 15 is 0 Å². The van der Waals surface area contributed by atoms with Crippen LogP contribution in [-0.4, -0.2) is 19.6 Å². The van der Waals surface area contributed by atoms with E-state index in [2.05, 4.69) is 200 Å². The Morgan fingerprint density at radius 2 is 1.08 bits per heavy atom. The van der Waals surface area contributed by atoms with Crippen molar-refractivity contribution in [2.24, 2.45) is 0 Å². The van der Waals surface area contributed by atoms with Gasteiger partial charge in [0.25, 0.3) is 0 Å². The summed E-state index contributed by atoms with van der Waals surface area (Å²) in [6.07, 6.45) is 1.89. The SMILES string of the molecule is [2H]C(C)(C)c1cccc(C([2H])(C)C)c1-c1ccc(-n2c(-c3cc(C(C)(C)C)cc(C(C)(C)C)c3O)nc3c(-c4[c-]c(-c5cc(-c6ccc(-c7ccccc7)cc6)ccn5)cc(C(C)(C)C)c4)cccc32)cc1.[Pt]. The number of phenolic OH excluding ortho intramolecular Hbond substituents is 1. The van der Waals surface area contributed by atoms with Gasteiger partial charge in [0.2, 0.25) is 0 Å². The van der Waals surface area contributed by atoms with Gasteiger partial charge < -0.3 is 5.11 Å². The molecule has 4 nitrogen and oxygen atoms in total. The number of phenols is 1. The molecule has 0 aliphatic carbocycles. The smallest absolute Gasteiger partial charge is 0.148 e. The van der Waals surface area contributed by atoms with Crippen LogP contribution in [0.1, 0.15) is 132 Å². The number of hydrogen-bond donors (Lipinski definition) is 1. The molecule has 0 radical (unpaired) electrons. The molecule has 0 bridgehead atoms. The molecule has 0 fully saturated rings. The van der Waals surface area contributed by atoms with Gasteiger partial charge in [-0.15, -0.1) is 29.3 Å². The molecule has 0 amide bonds. The molecular formula is C66H68N3OPt-. The van der Waals surface area contributed by atoms with Gasteiger partial charge in [0, 0.05) is 46.9 Å². The molecule has 7 aromatic carbocycles. The number of imidazole rings is 1. The predicted octanol–water partition coefficient (Wildman–Crippen LogP) is 18.1. The summed E-state index contributed by atoms with van der Waals surface area (Å²) in [4.78, 5) is 10.6. The van der Waals surface area contributed by atoms with Crippen molar-refractivity contribution in [3.8, 4) is 78.6 Å². The van der Waals surface area contributed by atoms with Gasteiger partial charge in [-0.2, -0.15) is 0 Å². The summed E-state index contributed by atoms with van der Waals surface area (Å²) in [6.45, 7) is 27.4. The standard InChI is InChI=1S/C66H68N3O.Pt/c1-41(2)53-21-17-22-54(42(3)4)60(53)46-29-31-52(32-30-46)69-59-24-18-23-55(61(59)68-63(69)56-39-51(65(8,9)10)40-57(62(56)70)66(11,12)13)48-35-49(37-50(36-48)64(5,6)7)58-38-47(33-34-67-58)45-27-25-44(26-28-45)43-19-15-14-16-20-43;/h14-34,36-42,70H,1-13H3;/q-1;/i41D,42D;. The Kier molecular flexibility index (Phi) is 13.4. The van der Waals surface area contributed by atoms with E-state index in [1.165, 1.54) is 11.1 Å². The van der Waals surface area contributed by atoms with Crippen molar-refractivity contribution < 1.29 is 28.9 Å². The van der Waals surface area contributed by atoms with Gasteiger partial charge in [-0.05, 0) is 108 Å². The average Bonchev–Trinajstić information content (AvgIpc) is 3.72. The van der Waals surface area contributed by atoms with Crippen LogP contribution < -0.4 is 0 Å². The number of nitrogens with zero attached hydrogens (tertiary/aromatic N) is 3. The van der Waals surface area contributed by atoms with E-state index in [9.17, 15) is 5.11 Å². The second kappa shape index (κ2) is 19.7. The zero-order valence-corrected chi connectivity index (χ0v) is 45.9. The van der Waals surface area contributed by atoms with E-state index < -0.39 is 11.8 Å². The first-order valence-electron chi connectivity index (χ1n) is 25.6. The van der Waals surface area contributed by atoms with Crippen LogP contribution in [0.15, 0.2) is 158 Å². The third-order valence-electron chi connectivity index (χ3n) is 13.7. The largest absolute Gasteiger partial charge is 0.507 e. The number of aromatic hydroxyl groups is 1. The maximum Gasteiger partial charge on any atom is 0.148 e. The fourth-order valence-electron chi connectivity index (χ4n) is 9.57. The van der Waals surface area contributed by atoms with Gasteiger partial charge in [0.15, 0.2) is 0 Å². The van der Waals surface area contributed by atoms with Crippen LogP contribution in [0.2, 0.25) is 0 Å². The monoisotopic (exact) mass is 1120 g/mol. The fraction of sp³-hybridized carbons (Fsp3) is 0.273. The van der Waals surface area contributed by atoms with E-state index in [0.29, 0.717) is 11.4 Å². The van der Waals surface area contributed by atoms with Gasteiger partial charge >= 0.3 is 0 Å². The Bertz CT molecular complexity index is 3430. The number of pyridine rings is 1. The first kappa shape index (κ1) is 48.3. The molecule has 5 heteroatoms. The summed E-state index contributed by atoms with van der Waals surface area (Å²) >= 11 is 0. The number of para-hydroxylation sites is 1. The van der Waals surface area contributed by atoms with Crippen molar-refractivity contribution >= 4 is 11.0 Å². The number of aromatic nitrogens is 3. The zero-order valence-electron chi connectivity index (χ0n) is 45.6. The molecule has 71 heavy (non-hydrogen) atoms. The summed E-state index contributed by atoms with van der Waals surface area (Å²) in [5.41, 5.74) is 17.2. The predicted molar refractivity (Wildman–Crippen MR) is 296 cm³/mol. The van der Waals surface area contributed by atoms with Crippen LogP contribution >= 0.6 is 0 Å². The third kappa shape index (κ3) is 10.2. The molecule has 9 aromatic rings. The minimum Gasteiger partial charge on any atom is -0.507 e. The van der Waals surface area contributed by atoms with E-state index in [1.807, 2.05) is 58.2 Å². The molecule has 0 saturated heterocycles. The first-order chi connectivity index (χ1) is 33.8. The minimum atomic E-state index is -0.894. The molecular weight excluding hydrogens is 1050 g/mol. The van der Waals surface area contributed by atoms with Crippen LogP contribution in [0.3, 0.4) is 0 Å². The van der Waals surface area contributed by atoms with Crippen LogP contribution in [-0.2, 0) is 37.3 Å². The molecule has 0 aliphatic heterocycles. The molecule has 2 heterocycles. The van der Waals surface area contributed by atoms with Crippen molar-refractivity contribution in [1.82, 2.24) is 14.5 Å². The second-order valence-corrected chi connectivity index (χ2v) is 22.5. The van der Waals surface area contributed by atoms with Gasteiger partial charge in [-0.3, -0.25) is 9.55 Å².